The molecule has 1 amide bonds. The van der Waals surface area contributed by atoms with E-state index in [4.69, 9.17) is 21.5 Å². The summed E-state index contributed by atoms with van der Waals surface area (Å²) in [5.41, 5.74) is 3.49. The van der Waals surface area contributed by atoms with E-state index in [1.54, 1.807) is 6.07 Å². The fraction of sp³-hybridized carbons (Fsp3) is 0.529. The molecular weight excluding hydrogens is 393 g/mol. The third-order valence-electron chi connectivity index (χ3n) is 4.64. The summed E-state index contributed by atoms with van der Waals surface area (Å²) in [6.07, 6.45) is 1.19. The van der Waals surface area contributed by atoms with Crippen LogP contribution in [0.5, 0.6) is 0 Å². The molecule has 2 heterocycles. The molecular formula is C17H25Cl2N5O3. The van der Waals surface area contributed by atoms with E-state index in [0.29, 0.717) is 43.6 Å². The molecule has 2 fully saturated rings. The van der Waals surface area contributed by atoms with Gasteiger partial charge in [-0.1, -0.05) is 11.6 Å². The Hall–Kier alpha value is -1.58. The summed E-state index contributed by atoms with van der Waals surface area (Å²) in [7, 11) is 0. The van der Waals surface area contributed by atoms with Gasteiger partial charge in [0.25, 0.3) is 0 Å². The number of carbonyl (C=O) groups is 1. The first-order chi connectivity index (χ1) is 12.7. The van der Waals surface area contributed by atoms with Gasteiger partial charge in [-0.2, -0.15) is 0 Å². The summed E-state index contributed by atoms with van der Waals surface area (Å²) in [6, 6.07) is 5.55. The first-order valence-corrected chi connectivity index (χ1v) is 9.09. The summed E-state index contributed by atoms with van der Waals surface area (Å²) in [4.78, 5) is 22.7. The van der Waals surface area contributed by atoms with Gasteiger partial charge >= 0.3 is 0 Å². The van der Waals surface area contributed by atoms with Gasteiger partial charge in [-0.15, -0.1) is 12.4 Å². The van der Waals surface area contributed by atoms with Crippen molar-refractivity contribution < 1.29 is 14.7 Å². The highest BCUT2D eigenvalue weighted by atomic mass is 35.5. The fourth-order valence-electron chi connectivity index (χ4n) is 3.19. The number of hydrogen-bond acceptors (Lipinski definition) is 6. The number of aliphatic imine (C=N–C) groups is 1. The summed E-state index contributed by atoms with van der Waals surface area (Å²) in [5, 5.41) is 9.17. The molecule has 2 aliphatic heterocycles. The maximum absolute atomic E-state index is 12.4. The van der Waals surface area contributed by atoms with Crippen molar-refractivity contribution in [3.8, 4) is 0 Å². The van der Waals surface area contributed by atoms with Crippen molar-refractivity contribution in [3.63, 3.8) is 0 Å². The molecule has 2 aliphatic rings. The lowest BCUT2D eigenvalue weighted by Crippen LogP contribution is -2.51. The molecule has 0 saturated carbocycles. The number of rotatable bonds is 5. The summed E-state index contributed by atoms with van der Waals surface area (Å²) in [5.74, 6) is 0.180. The number of nitrogens with zero attached hydrogens (tertiary/aromatic N) is 4. The molecule has 2 N–H and O–H groups in total. The van der Waals surface area contributed by atoms with Gasteiger partial charge in [0.15, 0.2) is 0 Å². The first-order valence-electron chi connectivity index (χ1n) is 8.72. The second-order valence-corrected chi connectivity index (χ2v) is 6.69. The van der Waals surface area contributed by atoms with Crippen LogP contribution in [0.1, 0.15) is 0 Å². The number of hydrogen-bond donors (Lipinski definition) is 2. The van der Waals surface area contributed by atoms with Crippen LogP contribution >= 0.6 is 24.0 Å². The maximum Gasteiger partial charge on any atom is 0.236 e. The predicted octanol–water partition coefficient (Wildman–Crippen LogP) is 1.38. The van der Waals surface area contributed by atoms with Gasteiger partial charge in [-0.05, 0) is 18.2 Å². The van der Waals surface area contributed by atoms with Crippen LogP contribution in [0.2, 0.25) is 5.02 Å². The number of nitrogens with one attached hydrogen (secondary N) is 1. The second-order valence-electron chi connectivity index (χ2n) is 6.28. The first kappa shape index (κ1) is 21.7. The fourth-order valence-corrected chi connectivity index (χ4v) is 3.48. The zero-order valence-corrected chi connectivity index (χ0v) is 16.6. The van der Waals surface area contributed by atoms with Crippen LogP contribution in [0.3, 0.4) is 0 Å². The van der Waals surface area contributed by atoms with E-state index in [0.717, 1.165) is 31.9 Å². The molecule has 1 aromatic rings. The molecule has 150 valence electrons. The van der Waals surface area contributed by atoms with Crippen LogP contribution in [0.15, 0.2) is 23.2 Å². The molecule has 10 heteroatoms. The van der Waals surface area contributed by atoms with Gasteiger partial charge in [-0.3, -0.25) is 20.4 Å². The third kappa shape index (κ3) is 5.95. The SMILES string of the molecule is Cl.O=C(CN1CCN(c2ccc(N=CNO)cc2Cl)CC1)N1CCOCC1. The topological polar surface area (TPSA) is 80.6 Å². The highest BCUT2D eigenvalue weighted by Crippen LogP contribution is 2.30. The Bertz CT molecular complexity index is 647. The van der Waals surface area contributed by atoms with Crippen molar-refractivity contribution in [1.29, 1.82) is 0 Å². The lowest BCUT2D eigenvalue weighted by molar-refractivity contribution is -0.136. The number of anilines is 1. The largest absolute Gasteiger partial charge is 0.378 e. The quantitative estimate of drug-likeness (QED) is 0.427. The van der Waals surface area contributed by atoms with E-state index in [9.17, 15) is 4.79 Å². The van der Waals surface area contributed by atoms with Gasteiger partial charge in [0.2, 0.25) is 5.91 Å². The van der Waals surface area contributed by atoms with Crippen LogP contribution in [-0.2, 0) is 9.53 Å². The Kier molecular flexibility index (Phi) is 8.59. The molecule has 0 spiro atoms. The predicted molar refractivity (Wildman–Crippen MR) is 108 cm³/mol. The Morgan fingerprint density at radius 3 is 2.56 bits per heavy atom. The minimum absolute atomic E-state index is 0. The summed E-state index contributed by atoms with van der Waals surface area (Å²) < 4.78 is 5.29. The van der Waals surface area contributed by atoms with Crippen molar-refractivity contribution in [3.05, 3.63) is 23.2 Å². The number of piperazine rings is 1. The van der Waals surface area contributed by atoms with E-state index in [1.165, 1.54) is 6.34 Å². The third-order valence-corrected chi connectivity index (χ3v) is 4.94. The highest BCUT2D eigenvalue weighted by molar-refractivity contribution is 6.33. The van der Waals surface area contributed by atoms with E-state index in [1.807, 2.05) is 22.5 Å². The monoisotopic (exact) mass is 417 g/mol. The molecule has 2 saturated heterocycles. The van der Waals surface area contributed by atoms with E-state index >= 15 is 0 Å². The van der Waals surface area contributed by atoms with Gasteiger partial charge in [0.05, 0.1) is 36.2 Å². The van der Waals surface area contributed by atoms with Gasteiger partial charge in [-0.25, -0.2) is 4.99 Å². The molecule has 0 aliphatic carbocycles. The summed E-state index contributed by atoms with van der Waals surface area (Å²) in [6.45, 7) is 6.38. The minimum Gasteiger partial charge on any atom is -0.378 e. The Labute approximate surface area is 170 Å². The number of morpholine rings is 1. The van der Waals surface area contributed by atoms with Crippen LogP contribution in [-0.4, -0.2) is 86.3 Å². The number of hydroxylamine groups is 1. The van der Waals surface area contributed by atoms with Crippen molar-refractivity contribution in [2.24, 2.45) is 4.99 Å². The molecule has 0 aromatic heterocycles. The van der Waals surface area contributed by atoms with Crippen LogP contribution in [0, 0.1) is 0 Å². The number of halogens is 2. The molecule has 8 nitrogen and oxygen atoms in total. The molecule has 1 aromatic carbocycles. The molecule has 0 bridgehead atoms. The van der Waals surface area contributed by atoms with Crippen LogP contribution in [0.25, 0.3) is 0 Å². The van der Waals surface area contributed by atoms with Crippen molar-refractivity contribution in [2.75, 3.05) is 63.9 Å². The lowest BCUT2D eigenvalue weighted by atomic mass is 10.2. The average Bonchev–Trinajstić information content (AvgIpc) is 2.68. The molecule has 0 radical (unpaired) electrons. The number of carbonyl (C=O) groups excluding carboxylic acids is 1. The Balaban J connectivity index is 0.00000261. The number of ether oxygens (including phenoxy) is 1. The maximum atomic E-state index is 12.4. The standard InChI is InChI=1S/C17H24ClN5O3.ClH/c18-15-11-14(19-13-20-25)1-2-16(15)22-5-3-21(4-6-22)12-17(24)23-7-9-26-10-8-23;/h1-2,11,13,25H,3-10,12H2,(H,19,20);1H. The molecule has 27 heavy (non-hydrogen) atoms. The number of amides is 1. The van der Waals surface area contributed by atoms with E-state index < -0.39 is 0 Å². The minimum atomic E-state index is 0. The van der Waals surface area contributed by atoms with Gasteiger partial charge < -0.3 is 14.5 Å². The molecule has 0 atom stereocenters. The van der Waals surface area contributed by atoms with E-state index in [-0.39, 0.29) is 18.3 Å². The normalized spacial score (nSPS) is 18.4. The second kappa shape index (κ2) is 10.7. The average molecular weight is 418 g/mol. The zero-order chi connectivity index (χ0) is 18.4. The van der Waals surface area contributed by atoms with Gasteiger partial charge in [0.1, 0.15) is 6.34 Å². The summed E-state index contributed by atoms with van der Waals surface area (Å²) >= 11 is 6.38. The van der Waals surface area contributed by atoms with Crippen molar-refractivity contribution >= 4 is 47.6 Å². The van der Waals surface area contributed by atoms with Crippen LogP contribution < -0.4 is 10.4 Å². The Morgan fingerprint density at radius 2 is 1.93 bits per heavy atom. The Morgan fingerprint density at radius 1 is 1.22 bits per heavy atom. The molecule has 3 rings (SSSR count). The van der Waals surface area contributed by atoms with Crippen LogP contribution in [0.4, 0.5) is 11.4 Å². The van der Waals surface area contributed by atoms with E-state index in [2.05, 4.69) is 14.8 Å². The molecule has 0 unspecified atom stereocenters. The lowest BCUT2D eigenvalue weighted by Gasteiger charge is -2.37. The highest BCUT2D eigenvalue weighted by Gasteiger charge is 2.23. The zero-order valence-electron chi connectivity index (χ0n) is 15.0. The smallest absolute Gasteiger partial charge is 0.236 e. The van der Waals surface area contributed by atoms with Crippen molar-refractivity contribution in [1.82, 2.24) is 15.3 Å². The van der Waals surface area contributed by atoms with Gasteiger partial charge in [0, 0.05) is 39.3 Å². The number of benzene rings is 1. The van der Waals surface area contributed by atoms with Crippen molar-refractivity contribution in [2.45, 2.75) is 0 Å².